The highest BCUT2D eigenvalue weighted by Gasteiger charge is 2.13. The number of rotatable bonds is 5. The van der Waals surface area contributed by atoms with Crippen molar-refractivity contribution in [3.05, 3.63) is 70.5 Å². The molecule has 25 heavy (non-hydrogen) atoms. The van der Waals surface area contributed by atoms with Crippen LogP contribution in [0.4, 0.5) is 18.0 Å². The Morgan fingerprint density at radius 1 is 1.04 bits per heavy atom. The Labute approximate surface area is 140 Å². The second-order valence-corrected chi connectivity index (χ2v) is 4.92. The number of amides is 2. The molecular formula is C16H13F3N2O4. The summed E-state index contributed by atoms with van der Waals surface area (Å²) in [6.07, 6.45) is -0.930. The third-order valence-electron chi connectivity index (χ3n) is 3.21. The minimum Gasteiger partial charge on any atom is -0.444 e. The number of nitrogens with one attached hydrogen (secondary N) is 2. The Hall–Kier alpha value is -3.07. The van der Waals surface area contributed by atoms with Gasteiger partial charge in [-0.3, -0.25) is 10.0 Å². The molecule has 0 bridgehead atoms. The molecule has 0 aliphatic carbocycles. The molecule has 0 heterocycles. The molecule has 0 spiro atoms. The van der Waals surface area contributed by atoms with Gasteiger partial charge in [-0.2, -0.15) is 0 Å². The van der Waals surface area contributed by atoms with Crippen LogP contribution >= 0.6 is 0 Å². The van der Waals surface area contributed by atoms with Gasteiger partial charge in [0.05, 0.1) is 5.56 Å². The average molecular weight is 354 g/mol. The van der Waals surface area contributed by atoms with Gasteiger partial charge in [0.15, 0.2) is 0 Å². The summed E-state index contributed by atoms with van der Waals surface area (Å²) in [6.45, 7) is -0.659. The molecule has 0 saturated heterocycles. The number of halogens is 3. The van der Waals surface area contributed by atoms with E-state index in [1.54, 1.807) is 0 Å². The number of ether oxygens (including phenoxy) is 1. The van der Waals surface area contributed by atoms with Gasteiger partial charge in [-0.1, -0.05) is 12.1 Å². The van der Waals surface area contributed by atoms with E-state index in [4.69, 9.17) is 5.21 Å². The molecule has 6 nitrogen and oxygen atoms in total. The van der Waals surface area contributed by atoms with Gasteiger partial charge in [-0.25, -0.2) is 23.4 Å². The van der Waals surface area contributed by atoms with E-state index >= 15 is 0 Å². The number of hydroxylamine groups is 1. The molecule has 0 radical (unpaired) electrons. The summed E-state index contributed by atoms with van der Waals surface area (Å²) in [5, 5.41) is 10.8. The molecule has 2 aromatic rings. The zero-order valence-corrected chi connectivity index (χ0v) is 12.7. The monoisotopic (exact) mass is 354 g/mol. The van der Waals surface area contributed by atoms with Crippen molar-refractivity contribution in [1.82, 2.24) is 10.8 Å². The third-order valence-corrected chi connectivity index (χ3v) is 3.21. The van der Waals surface area contributed by atoms with Crippen molar-refractivity contribution in [1.29, 1.82) is 0 Å². The standard InChI is InChI=1S/C16H13F3N2O4/c17-11-5-13(18)12(14(19)6-11)8-25-16(23)20-7-9-1-3-10(4-2-9)15(22)21-24/h1-6,24H,7-8H2,(H,20,23)(H,21,22). The molecule has 2 rings (SSSR count). The number of hydrogen-bond donors (Lipinski definition) is 3. The van der Waals surface area contributed by atoms with Crippen molar-refractivity contribution in [2.45, 2.75) is 13.2 Å². The Morgan fingerprint density at radius 3 is 2.20 bits per heavy atom. The molecule has 0 atom stereocenters. The average Bonchev–Trinajstić information content (AvgIpc) is 2.58. The zero-order valence-electron chi connectivity index (χ0n) is 12.7. The lowest BCUT2D eigenvalue weighted by Crippen LogP contribution is -2.24. The normalized spacial score (nSPS) is 10.2. The van der Waals surface area contributed by atoms with Crippen molar-refractivity contribution in [3.63, 3.8) is 0 Å². The fraction of sp³-hybridized carbons (Fsp3) is 0.125. The Kier molecular flexibility index (Phi) is 5.96. The van der Waals surface area contributed by atoms with Crippen LogP contribution in [-0.2, 0) is 17.9 Å². The van der Waals surface area contributed by atoms with Crippen molar-refractivity contribution in [3.8, 4) is 0 Å². The second kappa shape index (κ2) is 8.15. The fourth-order valence-electron chi connectivity index (χ4n) is 1.91. The van der Waals surface area contributed by atoms with Crippen LogP contribution in [0.2, 0.25) is 0 Å². The lowest BCUT2D eigenvalue weighted by Gasteiger charge is -2.09. The molecule has 0 fully saturated rings. The summed E-state index contributed by atoms with van der Waals surface area (Å²) >= 11 is 0. The van der Waals surface area contributed by atoms with E-state index in [-0.39, 0.29) is 12.1 Å². The van der Waals surface area contributed by atoms with E-state index in [0.717, 1.165) is 0 Å². The molecule has 2 aromatic carbocycles. The molecule has 0 saturated carbocycles. The summed E-state index contributed by atoms with van der Waals surface area (Å²) < 4.78 is 44.3. The molecule has 9 heteroatoms. The van der Waals surface area contributed by atoms with Gasteiger partial charge in [0.1, 0.15) is 24.1 Å². The molecule has 132 valence electrons. The molecule has 3 N–H and O–H groups in total. The molecule has 0 aromatic heterocycles. The van der Waals surface area contributed by atoms with Crippen LogP contribution < -0.4 is 10.8 Å². The van der Waals surface area contributed by atoms with Gasteiger partial charge in [0.2, 0.25) is 0 Å². The SMILES string of the molecule is O=C(NCc1ccc(C(=O)NO)cc1)OCc1c(F)cc(F)cc1F. The van der Waals surface area contributed by atoms with E-state index in [0.29, 0.717) is 17.7 Å². The van der Waals surface area contributed by atoms with Crippen molar-refractivity contribution < 1.29 is 32.7 Å². The van der Waals surface area contributed by atoms with E-state index in [2.05, 4.69) is 10.1 Å². The van der Waals surface area contributed by atoms with Gasteiger partial charge < -0.3 is 10.1 Å². The summed E-state index contributed by atoms with van der Waals surface area (Å²) in [5.74, 6) is -4.05. The van der Waals surface area contributed by atoms with Crippen molar-refractivity contribution in [2.75, 3.05) is 0 Å². The van der Waals surface area contributed by atoms with Gasteiger partial charge in [-0.05, 0) is 17.7 Å². The molecule has 0 unspecified atom stereocenters. The maximum absolute atomic E-state index is 13.4. The topological polar surface area (TPSA) is 87.7 Å². The number of alkyl carbamates (subject to hydrolysis) is 1. The van der Waals surface area contributed by atoms with Crippen LogP contribution in [0.15, 0.2) is 36.4 Å². The van der Waals surface area contributed by atoms with Gasteiger partial charge >= 0.3 is 6.09 Å². The Bertz CT molecular complexity index is 758. The first-order chi connectivity index (χ1) is 11.9. The van der Waals surface area contributed by atoms with Crippen LogP contribution in [0.1, 0.15) is 21.5 Å². The van der Waals surface area contributed by atoms with Crippen molar-refractivity contribution >= 4 is 12.0 Å². The first-order valence-electron chi connectivity index (χ1n) is 6.98. The molecular weight excluding hydrogens is 341 g/mol. The first kappa shape index (κ1) is 18.3. The third kappa shape index (κ3) is 4.95. The van der Waals surface area contributed by atoms with Crippen LogP contribution in [0.25, 0.3) is 0 Å². The quantitative estimate of drug-likeness (QED) is 0.569. The summed E-state index contributed by atoms with van der Waals surface area (Å²) in [7, 11) is 0. The van der Waals surface area contributed by atoms with Gasteiger partial charge in [0, 0.05) is 24.2 Å². The van der Waals surface area contributed by atoms with Crippen LogP contribution in [0.5, 0.6) is 0 Å². The molecule has 2 amide bonds. The summed E-state index contributed by atoms with van der Waals surface area (Å²) in [5.41, 5.74) is 1.76. The molecule has 0 aliphatic rings. The van der Waals surface area contributed by atoms with Crippen LogP contribution in [0.3, 0.4) is 0 Å². The predicted octanol–water partition coefficient (Wildman–Crippen LogP) is 2.65. The minimum absolute atomic E-state index is 0.0360. The van der Waals surface area contributed by atoms with Gasteiger partial charge in [0.25, 0.3) is 5.91 Å². The van der Waals surface area contributed by atoms with Crippen LogP contribution in [0, 0.1) is 17.5 Å². The Morgan fingerprint density at radius 2 is 1.64 bits per heavy atom. The van der Waals surface area contributed by atoms with E-state index in [9.17, 15) is 22.8 Å². The van der Waals surface area contributed by atoms with E-state index < -0.39 is 41.6 Å². The minimum atomic E-state index is -1.15. The number of benzene rings is 2. The van der Waals surface area contributed by atoms with E-state index in [1.165, 1.54) is 29.7 Å². The number of hydrogen-bond acceptors (Lipinski definition) is 4. The highest BCUT2D eigenvalue weighted by Crippen LogP contribution is 2.15. The van der Waals surface area contributed by atoms with Crippen molar-refractivity contribution in [2.24, 2.45) is 0 Å². The highest BCUT2D eigenvalue weighted by atomic mass is 19.1. The zero-order chi connectivity index (χ0) is 18.4. The summed E-state index contributed by atoms with van der Waals surface area (Å²) in [4.78, 5) is 22.7. The first-order valence-corrected chi connectivity index (χ1v) is 6.98. The van der Waals surface area contributed by atoms with Crippen LogP contribution in [-0.4, -0.2) is 17.2 Å². The summed E-state index contributed by atoms with van der Waals surface area (Å²) in [6, 6.07) is 6.90. The predicted molar refractivity (Wildman–Crippen MR) is 79.0 cm³/mol. The number of carbonyl (C=O) groups is 2. The maximum Gasteiger partial charge on any atom is 0.407 e. The highest BCUT2D eigenvalue weighted by molar-refractivity contribution is 5.93. The van der Waals surface area contributed by atoms with Gasteiger partial charge in [-0.15, -0.1) is 0 Å². The smallest absolute Gasteiger partial charge is 0.407 e. The van der Waals surface area contributed by atoms with E-state index in [1.807, 2.05) is 0 Å². The lowest BCUT2D eigenvalue weighted by atomic mass is 10.1. The molecule has 0 aliphatic heterocycles. The number of carbonyl (C=O) groups excluding carboxylic acids is 2. The maximum atomic E-state index is 13.4. The second-order valence-electron chi connectivity index (χ2n) is 4.92. The lowest BCUT2D eigenvalue weighted by molar-refractivity contribution is 0.0706. The Balaban J connectivity index is 1.86. The fourth-order valence-corrected chi connectivity index (χ4v) is 1.91. The largest absolute Gasteiger partial charge is 0.444 e.